The van der Waals surface area contributed by atoms with Gasteiger partial charge in [0.1, 0.15) is 0 Å². The molecule has 0 saturated carbocycles. The molecule has 0 atom stereocenters. The highest BCUT2D eigenvalue weighted by molar-refractivity contribution is 6.33. The molecular weight excluding hydrogens is 244 g/mol. The van der Waals surface area contributed by atoms with Crippen LogP contribution in [0.4, 0.5) is 5.69 Å². The lowest BCUT2D eigenvalue weighted by molar-refractivity contribution is 0.211. The van der Waals surface area contributed by atoms with Crippen molar-refractivity contribution in [2.75, 3.05) is 18.8 Å². The molecule has 0 amide bonds. The third kappa shape index (κ3) is 5.28. The summed E-state index contributed by atoms with van der Waals surface area (Å²) in [5.74, 6) is 1.35. The second kappa shape index (κ2) is 7.01. The predicted molar refractivity (Wildman–Crippen MR) is 80.8 cm³/mol. The number of nitrogens with zero attached hydrogens (tertiary/aromatic N) is 1. The Kier molecular flexibility index (Phi) is 5.97. The fourth-order valence-electron chi connectivity index (χ4n) is 2.19. The first-order valence-electron chi connectivity index (χ1n) is 6.64. The minimum atomic E-state index is 0.637. The molecule has 3 heteroatoms. The van der Waals surface area contributed by atoms with Gasteiger partial charge in [-0.25, -0.2) is 0 Å². The Bertz CT molecular complexity index is 365. The van der Waals surface area contributed by atoms with Crippen LogP contribution >= 0.6 is 11.6 Å². The van der Waals surface area contributed by atoms with Gasteiger partial charge in [0.05, 0.1) is 10.7 Å². The molecule has 2 N–H and O–H groups in total. The molecule has 1 aromatic carbocycles. The van der Waals surface area contributed by atoms with E-state index in [1.165, 1.54) is 5.56 Å². The van der Waals surface area contributed by atoms with Crippen molar-refractivity contribution in [1.82, 2.24) is 4.90 Å². The summed E-state index contributed by atoms with van der Waals surface area (Å²) < 4.78 is 0. The Morgan fingerprint density at radius 2 is 1.67 bits per heavy atom. The molecule has 1 rings (SSSR count). The average Bonchev–Trinajstić information content (AvgIpc) is 2.21. The van der Waals surface area contributed by atoms with E-state index in [1.54, 1.807) is 0 Å². The largest absolute Gasteiger partial charge is 0.398 e. The smallest absolute Gasteiger partial charge is 0.0635 e. The molecule has 0 bridgehead atoms. The minimum Gasteiger partial charge on any atom is -0.398 e. The lowest BCUT2D eigenvalue weighted by Crippen LogP contribution is -2.30. The first-order chi connectivity index (χ1) is 8.38. The minimum absolute atomic E-state index is 0.637. The quantitative estimate of drug-likeness (QED) is 0.789. The van der Waals surface area contributed by atoms with E-state index in [0.29, 0.717) is 22.5 Å². The molecule has 0 spiro atoms. The molecule has 1 aromatic rings. The summed E-state index contributed by atoms with van der Waals surface area (Å²) in [5.41, 5.74) is 7.75. The Balaban J connectivity index is 2.71. The van der Waals surface area contributed by atoms with Crippen molar-refractivity contribution in [3.05, 3.63) is 28.8 Å². The number of anilines is 1. The van der Waals surface area contributed by atoms with Gasteiger partial charge in [-0.2, -0.15) is 0 Å². The van der Waals surface area contributed by atoms with E-state index in [2.05, 4.69) is 38.7 Å². The van der Waals surface area contributed by atoms with E-state index in [4.69, 9.17) is 17.3 Å². The van der Waals surface area contributed by atoms with E-state index in [0.717, 1.165) is 19.6 Å². The predicted octanol–water partition coefficient (Wildman–Crippen LogP) is 4.04. The Labute approximate surface area is 116 Å². The van der Waals surface area contributed by atoms with Crippen molar-refractivity contribution < 1.29 is 0 Å². The highest BCUT2D eigenvalue weighted by Crippen LogP contribution is 2.21. The van der Waals surface area contributed by atoms with Crippen LogP contribution in [0.15, 0.2) is 18.2 Å². The average molecular weight is 269 g/mol. The summed E-state index contributed by atoms with van der Waals surface area (Å²) in [6.07, 6.45) is 0. The van der Waals surface area contributed by atoms with Crippen LogP contribution in [0.1, 0.15) is 33.3 Å². The van der Waals surface area contributed by atoms with Gasteiger partial charge in [0, 0.05) is 19.6 Å². The SMILES string of the molecule is CC(C)CN(Cc1ccc(Cl)c(N)c1)CC(C)C. The molecule has 0 heterocycles. The fourth-order valence-corrected chi connectivity index (χ4v) is 2.30. The number of hydrogen-bond donors (Lipinski definition) is 1. The molecule has 102 valence electrons. The van der Waals surface area contributed by atoms with Gasteiger partial charge in [-0.1, -0.05) is 45.4 Å². The zero-order valence-corrected chi connectivity index (χ0v) is 12.7. The van der Waals surface area contributed by atoms with Crippen LogP contribution in [0, 0.1) is 11.8 Å². The summed E-state index contributed by atoms with van der Waals surface area (Å²) >= 11 is 5.95. The van der Waals surface area contributed by atoms with Crippen LogP contribution in [-0.4, -0.2) is 18.0 Å². The molecular formula is C15H25ClN2. The lowest BCUT2D eigenvalue weighted by atomic mass is 10.1. The zero-order chi connectivity index (χ0) is 13.7. The van der Waals surface area contributed by atoms with Crippen LogP contribution in [0.3, 0.4) is 0 Å². The van der Waals surface area contributed by atoms with Crippen molar-refractivity contribution in [1.29, 1.82) is 0 Å². The molecule has 18 heavy (non-hydrogen) atoms. The van der Waals surface area contributed by atoms with Crippen molar-refractivity contribution >= 4 is 17.3 Å². The molecule has 0 aliphatic carbocycles. The first-order valence-corrected chi connectivity index (χ1v) is 7.02. The second-order valence-corrected chi connectivity index (χ2v) is 6.24. The van der Waals surface area contributed by atoms with E-state index in [-0.39, 0.29) is 0 Å². The number of hydrogen-bond acceptors (Lipinski definition) is 2. The summed E-state index contributed by atoms with van der Waals surface area (Å²) in [6.45, 7) is 12.2. The van der Waals surface area contributed by atoms with Crippen LogP contribution < -0.4 is 5.73 Å². The van der Waals surface area contributed by atoms with Gasteiger partial charge in [0.2, 0.25) is 0 Å². The van der Waals surface area contributed by atoms with Crippen LogP contribution in [-0.2, 0) is 6.54 Å². The van der Waals surface area contributed by atoms with Crippen LogP contribution in [0.5, 0.6) is 0 Å². The molecule has 0 aliphatic rings. The number of halogens is 1. The zero-order valence-electron chi connectivity index (χ0n) is 11.9. The summed E-state index contributed by atoms with van der Waals surface area (Å²) in [6, 6.07) is 5.93. The van der Waals surface area contributed by atoms with Gasteiger partial charge in [-0.15, -0.1) is 0 Å². The highest BCUT2D eigenvalue weighted by atomic mass is 35.5. The van der Waals surface area contributed by atoms with E-state index in [1.807, 2.05) is 12.1 Å². The Morgan fingerprint density at radius 1 is 1.11 bits per heavy atom. The molecule has 0 aromatic heterocycles. The number of nitrogen functional groups attached to an aromatic ring is 1. The molecule has 0 unspecified atom stereocenters. The monoisotopic (exact) mass is 268 g/mol. The van der Waals surface area contributed by atoms with Crippen LogP contribution in [0.2, 0.25) is 5.02 Å². The fraction of sp³-hybridized carbons (Fsp3) is 0.600. The third-order valence-corrected chi connectivity index (χ3v) is 3.06. The topological polar surface area (TPSA) is 29.3 Å². The Hall–Kier alpha value is -0.730. The van der Waals surface area contributed by atoms with Crippen molar-refractivity contribution in [2.45, 2.75) is 34.2 Å². The summed E-state index contributed by atoms with van der Waals surface area (Å²) in [7, 11) is 0. The maximum atomic E-state index is 5.95. The second-order valence-electron chi connectivity index (χ2n) is 5.84. The van der Waals surface area contributed by atoms with Crippen molar-refractivity contribution in [3.8, 4) is 0 Å². The van der Waals surface area contributed by atoms with Crippen LogP contribution in [0.25, 0.3) is 0 Å². The van der Waals surface area contributed by atoms with E-state index < -0.39 is 0 Å². The van der Waals surface area contributed by atoms with E-state index >= 15 is 0 Å². The molecule has 0 fully saturated rings. The molecule has 2 nitrogen and oxygen atoms in total. The van der Waals surface area contributed by atoms with Gasteiger partial charge >= 0.3 is 0 Å². The van der Waals surface area contributed by atoms with Gasteiger partial charge in [-0.3, -0.25) is 4.90 Å². The molecule has 0 aliphatic heterocycles. The van der Waals surface area contributed by atoms with Crippen molar-refractivity contribution in [2.24, 2.45) is 11.8 Å². The van der Waals surface area contributed by atoms with Gasteiger partial charge in [0.25, 0.3) is 0 Å². The maximum Gasteiger partial charge on any atom is 0.0635 e. The van der Waals surface area contributed by atoms with E-state index in [9.17, 15) is 0 Å². The highest BCUT2D eigenvalue weighted by Gasteiger charge is 2.10. The normalized spacial score (nSPS) is 11.8. The van der Waals surface area contributed by atoms with Crippen molar-refractivity contribution in [3.63, 3.8) is 0 Å². The van der Waals surface area contributed by atoms with Gasteiger partial charge in [-0.05, 0) is 29.5 Å². The van der Waals surface area contributed by atoms with Gasteiger partial charge in [0.15, 0.2) is 0 Å². The standard InChI is InChI=1S/C15H25ClN2/c1-11(2)8-18(9-12(3)4)10-13-5-6-14(16)15(17)7-13/h5-7,11-12H,8-10,17H2,1-4H3. The number of rotatable bonds is 6. The van der Waals surface area contributed by atoms with Gasteiger partial charge < -0.3 is 5.73 Å². The number of benzene rings is 1. The molecule has 0 saturated heterocycles. The summed E-state index contributed by atoms with van der Waals surface area (Å²) in [5, 5.41) is 0.637. The summed E-state index contributed by atoms with van der Waals surface area (Å²) in [4.78, 5) is 2.48. The third-order valence-electron chi connectivity index (χ3n) is 2.71. The lowest BCUT2D eigenvalue weighted by Gasteiger charge is -2.26. The number of nitrogens with two attached hydrogens (primary N) is 1. The molecule has 0 radical (unpaired) electrons. The maximum absolute atomic E-state index is 5.95. The Morgan fingerprint density at radius 3 is 2.11 bits per heavy atom. The first kappa shape index (κ1) is 15.3.